The minimum atomic E-state index is 0.164. The summed E-state index contributed by atoms with van der Waals surface area (Å²) in [4.78, 5) is 0. The van der Waals surface area contributed by atoms with Gasteiger partial charge in [-0.1, -0.05) is 5.10 Å². The summed E-state index contributed by atoms with van der Waals surface area (Å²) in [5, 5.41) is 15.1. The van der Waals surface area contributed by atoms with E-state index in [1.165, 1.54) is 5.56 Å². The molecule has 0 amide bonds. The lowest BCUT2D eigenvalue weighted by atomic mass is 10.2. The number of nitrogens with one attached hydrogen (secondary N) is 1. The van der Waals surface area contributed by atoms with E-state index in [0.717, 1.165) is 0 Å². The third kappa shape index (κ3) is 2.59. The summed E-state index contributed by atoms with van der Waals surface area (Å²) in [6, 6.07) is 2.68. The molecule has 5 nitrogen and oxygen atoms in total. The molecule has 0 aliphatic rings. The lowest BCUT2D eigenvalue weighted by Gasteiger charge is -2.09. The van der Waals surface area contributed by atoms with Crippen molar-refractivity contribution in [1.82, 2.24) is 10.2 Å². The Morgan fingerprint density at radius 1 is 1.56 bits per heavy atom. The van der Waals surface area contributed by atoms with Gasteiger partial charge >= 0.3 is 6.01 Å². The maximum atomic E-state index is 5.40. The Bertz CT molecular complexity index is 426. The second kappa shape index (κ2) is 5.09. The Kier molecular flexibility index (Phi) is 3.53. The smallest absolute Gasteiger partial charge is 0.315 e. The van der Waals surface area contributed by atoms with E-state index >= 15 is 0 Å². The standard InChI is InChI=1S/C10H14N4OS/c1-7(8-3-5-16-6-8)12-10-14-13-9(15-10)2-4-11/h3,5-7H,2,4,11H2,1H3,(H,12,14). The van der Waals surface area contributed by atoms with E-state index in [9.17, 15) is 0 Å². The van der Waals surface area contributed by atoms with Crippen LogP contribution in [0, 0.1) is 0 Å². The molecule has 0 saturated heterocycles. The van der Waals surface area contributed by atoms with E-state index in [1.807, 2.05) is 5.38 Å². The van der Waals surface area contributed by atoms with Crippen molar-refractivity contribution in [2.45, 2.75) is 19.4 Å². The van der Waals surface area contributed by atoms with Crippen LogP contribution in [0.3, 0.4) is 0 Å². The van der Waals surface area contributed by atoms with Gasteiger partial charge in [-0.2, -0.15) is 11.3 Å². The number of hydrogen-bond donors (Lipinski definition) is 2. The first-order chi connectivity index (χ1) is 7.79. The minimum Gasteiger partial charge on any atom is -0.408 e. The van der Waals surface area contributed by atoms with Crippen LogP contribution >= 0.6 is 11.3 Å². The van der Waals surface area contributed by atoms with Gasteiger partial charge < -0.3 is 15.5 Å². The minimum absolute atomic E-state index is 0.164. The fraction of sp³-hybridized carbons (Fsp3) is 0.400. The van der Waals surface area contributed by atoms with Gasteiger partial charge in [-0.05, 0) is 29.3 Å². The van der Waals surface area contributed by atoms with Crippen LogP contribution in [0.1, 0.15) is 24.4 Å². The molecule has 2 aromatic rings. The van der Waals surface area contributed by atoms with Crippen LogP contribution in [-0.4, -0.2) is 16.7 Å². The van der Waals surface area contributed by atoms with Gasteiger partial charge in [0.25, 0.3) is 0 Å². The largest absolute Gasteiger partial charge is 0.408 e. The van der Waals surface area contributed by atoms with E-state index in [2.05, 4.69) is 33.9 Å². The highest BCUT2D eigenvalue weighted by Gasteiger charge is 2.10. The lowest BCUT2D eigenvalue weighted by molar-refractivity contribution is 0.502. The Hall–Kier alpha value is -1.40. The molecule has 2 heterocycles. The van der Waals surface area contributed by atoms with Crippen molar-refractivity contribution in [3.05, 3.63) is 28.3 Å². The van der Waals surface area contributed by atoms with Crippen molar-refractivity contribution in [2.24, 2.45) is 5.73 Å². The van der Waals surface area contributed by atoms with Gasteiger partial charge in [-0.15, -0.1) is 5.10 Å². The number of nitrogens with zero attached hydrogens (tertiary/aromatic N) is 2. The maximum Gasteiger partial charge on any atom is 0.315 e. The quantitative estimate of drug-likeness (QED) is 0.830. The van der Waals surface area contributed by atoms with E-state index in [4.69, 9.17) is 10.2 Å². The van der Waals surface area contributed by atoms with Gasteiger partial charge in [0.15, 0.2) is 0 Å². The Balaban J connectivity index is 1.98. The highest BCUT2D eigenvalue weighted by Crippen LogP contribution is 2.20. The van der Waals surface area contributed by atoms with Crippen molar-refractivity contribution >= 4 is 17.4 Å². The molecule has 6 heteroatoms. The molecule has 1 unspecified atom stereocenters. The van der Waals surface area contributed by atoms with Crippen molar-refractivity contribution in [1.29, 1.82) is 0 Å². The molecular formula is C10H14N4OS. The summed E-state index contributed by atoms with van der Waals surface area (Å²) in [6.07, 6.45) is 0.613. The summed E-state index contributed by atoms with van der Waals surface area (Å²) in [7, 11) is 0. The molecular weight excluding hydrogens is 224 g/mol. The van der Waals surface area contributed by atoms with Crippen LogP contribution in [0.15, 0.2) is 21.2 Å². The third-order valence-electron chi connectivity index (χ3n) is 2.21. The van der Waals surface area contributed by atoms with Crippen molar-refractivity contribution in [2.75, 3.05) is 11.9 Å². The SMILES string of the molecule is CC(Nc1nnc(CCN)o1)c1ccsc1. The number of hydrogen-bond acceptors (Lipinski definition) is 6. The molecule has 0 aliphatic heterocycles. The fourth-order valence-electron chi connectivity index (χ4n) is 1.33. The molecule has 0 fully saturated rings. The summed E-state index contributed by atoms with van der Waals surface area (Å²) in [6.45, 7) is 2.57. The van der Waals surface area contributed by atoms with E-state index in [1.54, 1.807) is 11.3 Å². The average molecular weight is 238 g/mol. The Labute approximate surface area is 97.7 Å². The number of thiophene rings is 1. The fourth-order valence-corrected chi connectivity index (χ4v) is 2.08. The molecule has 86 valence electrons. The molecule has 16 heavy (non-hydrogen) atoms. The van der Waals surface area contributed by atoms with Crippen LogP contribution in [0.5, 0.6) is 0 Å². The van der Waals surface area contributed by atoms with Gasteiger partial charge in [0.05, 0.1) is 6.04 Å². The van der Waals surface area contributed by atoms with Gasteiger partial charge in [-0.25, -0.2) is 0 Å². The lowest BCUT2D eigenvalue weighted by Crippen LogP contribution is -2.05. The van der Waals surface area contributed by atoms with E-state index in [-0.39, 0.29) is 6.04 Å². The van der Waals surface area contributed by atoms with Crippen molar-refractivity contribution in [3.8, 4) is 0 Å². The number of nitrogens with two attached hydrogens (primary N) is 1. The Morgan fingerprint density at radius 2 is 2.44 bits per heavy atom. The molecule has 0 aromatic carbocycles. The number of anilines is 1. The maximum absolute atomic E-state index is 5.40. The zero-order chi connectivity index (χ0) is 11.4. The molecule has 0 aliphatic carbocycles. The van der Waals surface area contributed by atoms with E-state index in [0.29, 0.717) is 24.9 Å². The molecule has 3 N–H and O–H groups in total. The second-order valence-electron chi connectivity index (χ2n) is 3.46. The first-order valence-corrected chi connectivity index (χ1v) is 6.05. The monoisotopic (exact) mass is 238 g/mol. The third-order valence-corrected chi connectivity index (χ3v) is 2.91. The summed E-state index contributed by atoms with van der Waals surface area (Å²) in [5.74, 6) is 0.572. The summed E-state index contributed by atoms with van der Waals surface area (Å²) >= 11 is 1.67. The van der Waals surface area contributed by atoms with Crippen LogP contribution in [0.25, 0.3) is 0 Å². The summed E-state index contributed by atoms with van der Waals surface area (Å²) in [5.41, 5.74) is 6.61. The van der Waals surface area contributed by atoms with Crippen LogP contribution in [0.2, 0.25) is 0 Å². The van der Waals surface area contributed by atoms with E-state index < -0.39 is 0 Å². The van der Waals surface area contributed by atoms with Crippen LogP contribution in [0.4, 0.5) is 6.01 Å². The van der Waals surface area contributed by atoms with Crippen molar-refractivity contribution in [3.63, 3.8) is 0 Å². The van der Waals surface area contributed by atoms with Gasteiger partial charge in [0, 0.05) is 13.0 Å². The molecule has 0 radical (unpaired) electrons. The molecule has 2 rings (SSSR count). The molecule has 1 atom stereocenters. The number of aromatic nitrogens is 2. The highest BCUT2D eigenvalue weighted by atomic mass is 32.1. The molecule has 2 aromatic heterocycles. The predicted octanol–water partition coefficient (Wildman–Crippen LogP) is 1.81. The number of rotatable bonds is 5. The molecule has 0 saturated carbocycles. The summed E-state index contributed by atoms with van der Waals surface area (Å²) < 4.78 is 5.38. The Morgan fingerprint density at radius 3 is 3.12 bits per heavy atom. The molecule has 0 spiro atoms. The molecule has 0 bridgehead atoms. The highest BCUT2D eigenvalue weighted by molar-refractivity contribution is 7.07. The van der Waals surface area contributed by atoms with Gasteiger partial charge in [-0.3, -0.25) is 0 Å². The zero-order valence-electron chi connectivity index (χ0n) is 9.01. The van der Waals surface area contributed by atoms with Crippen LogP contribution < -0.4 is 11.1 Å². The first kappa shape index (κ1) is 11.1. The van der Waals surface area contributed by atoms with Crippen LogP contribution in [-0.2, 0) is 6.42 Å². The second-order valence-corrected chi connectivity index (χ2v) is 4.24. The average Bonchev–Trinajstić information content (AvgIpc) is 2.89. The van der Waals surface area contributed by atoms with Crippen molar-refractivity contribution < 1.29 is 4.42 Å². The van der Waals surface area contributed by atoms with Gasteiger partial charge in [0.2, 0.25) is 5.89 Å². The normalized spacial score (nSPS) is 12.6. The topological polar surface area (TPSA) is 77.0 Å². The predicted molar refractivity (Wildman–Crippen MR) is 63.4 cm³/mol. The zero-order valence-corrected chi connectivity index (χ0v) is 9.83. The first-order valence-electron chi connectivity index (χ1n) is 5.10. The van der Waals surface area contributed by atoms with Gasteiger partial charge in [0.1, 0.15) is 0 Å².